The first kappa shape index (κ1) is 20.4. The smallest absolute Gasteiger partial charge is 0.416 e. The van der Waals surface area contributed by atoms with Crippen LogP contribution in [0.2, 0.25) is 0 Å². The van der Waals surface area contributed by atoms with Crippen molar-refractivity contribution in [3.05, 3.63) is 63.7 Å². The third kappa shape index (κ3) is 4.41. The summed E-state index contributed by atoms with van der Waals surface area (Å²) in [5, 5.41) is 11.0. The highest BCUT2D eigenvalue weighted by molar-refractivity contribution is 5.94. The highest BCUT2D eigenvalue weighted by Crippen LogP contribution is 2.32. The Morgan fingerprint density at radius 1 is 1.10 bits per heavy atom. The highest BCUT2D eigenvalue weighted by atomic mass is 19.4. The Balaban J connectivity index is 1.69. The average molecular weight is 409 g/mol. The summed E-state index contributed by atoms with van der Waals surface area (Å²) in [6, 6.07) is 8.88. The molecule has 0 aliphatic carbocycles. The number of rotatable bonds is 4. The number of halogens is 3. The number of nitrogens with zero attached hydrogens (tertiary/aromatic N) is 3. The van der Waals surface area contributed by atoms with E-state index in [1.165, 1.54) is 30.2 Å². The van der Waals surface area contributed by atoms with Gasteiger partial charge in [0.2, 0.25) is 0 Å². The van der Waals surface area contributed by atoms with Crippen molar-refractivity contribution in [2.24, 2.45) is 0 Å². The molecule has 0 saturated carbocycles. The second-order valence-electron chi connectivity index (χ2n) is 6.47. The van der Waals surface area contributed by atoms with Crippen molar-refractivity contribution in [3.8, 4) is 5.75 Å². The lowest BCUT2D eigenvalue weighted by molar-refractivity contribution is -0.385. The van der Waals surface area contributed by atoms with E-state index >= 15 is 0 Å². The number of nitro groups is 1. The first-order valence-corrected chi connectivity index (χ1v) is 8.74. The van der Waals surface area contributed by atoms with Crippen LogP contribution in [0, 0.1) is 10.1 Å². The van der Waals surface area contributed by atoms with E-state index in [-0.39, 0.29) is 17.0 Å². The summed E-state index contributed by atoms with van der Waals surface area (Å²) in [5.74, 6) is -0.327. The number of benzene rings is 2. The predicted molar refractivity (Wildman–Crippen MR) is 99.2 cm³/mol. The average Bonchev–Trinajstić information content (AvgIpc) is 2.72. The summed E-state index contributed by atoms with van der Waals surface area (Å²) in [4.78, 5) is 26.5. The predicted octanol–water partition coefficient (Wildman–Crippen LogP) is 3.58. The number of amides is 1. The molecule has 1 aliphatic heterocycles. The number of methoxy groups -OCH3 is 1. The molecule has 0 radical (unpaired) electrons. The Labute approximate surface area is 164 Å². The molecule has 2 aromatic rings. The van der Waals surface area contributed by atoms with Crippen LogP contribution in [-0.4, -0.2) is 49.0 Å². The van der Waals surface area contributed by atoms with E-state index in [9.17, 15) is 28.1 Å². The van der Waals surface area contributed by atoms with E-state index in [0.717, 1.165) is 12.1 Å². The quantitative estimate of drug-likeness (QED) is 0.570. The maximum Gasteiger partial charge on any atom is 0.416 e. The highest BCUT2D eigenvalue weighted by Gasteiger charge is 2.32. The van der Waals surface area contributed by atoms with Gasteiger partial charge in [0.15, 0.2) is 5.75 Å². The van der Waals surface area contributed by atoms with E-state index < -0.39 is 22.6 Å². The molecule has 1 fully saturated rings. The molecule has 0 aromatic heterocycles. The number of hydrogen-bond donors (Lipinski definition) is 0. The van der Waals surface area contributed by atoms with Crippen LogP contribution >= 0.6 is 0 Å². The topological polar surface area (TPSA) is 75.9 Å². The molecule has 29 heavy (non-hydrogen) atoms. The van der Waals surface area contributed by atoms with Crippen LogP contribution in [0.1, 0.15) is 15.9 Å². The Bertz CT molecular complexity index is 925. The number of anilines is 1. The molecule has 1 saturated heterocycles. The second kappa shape index (κ2) is 7.98. The molecule has 2 aromatic carbocycles. The van der Waals surface area contributed by atoms with Gasteiger partial charge in [0.05, 0.1) is 17.6 Å². The Morgan fingerprint density at radius 2 is 1.79 bits per heavy atom. The first-order chi connectivity index (χ1) is 13.7. The monoisotopic (exact) mass is 409 g/mol. The molecule has 154 valence electrons. The molecule has 0 N–H and O–H groups in total. The van der Waals surface area contributed by atoms with Crippen molar-refractivity contribution in [3.63, 3.8) is 0 Å². The lowest BCUT2D eigenvalue weighted by Crippen LogP contribution is -2.48. The second-order valence-corrected chi connectivity index (χ2v) is 6.47. The molecule has 0 unspecified atom stereocenters. The molecular weight excluding hydrogens is 391 g/mol. The summed E-state index contributed by atoms with van der Waals surface area (Å²) in [6.45, 7) is 1.50. The van der Waals surface area contributed by atoms with E-state index in [4.69, 9.17) is 4.74 Å². The van der Waals surface area contributed by atoms with Crippen LogP contribution in [0.4, 0.5) is 24.5 Å². The summed E-state index contributed by atoms with van der Waals surface area (Å²) < 4.78 is 43.7. The van der Waals surface area contributed by atoms with Crippen LogP contribution in [0.3, 0.4) is 0 Å². The van der Waals surface area contributed by atoms with E-state index in [1.54, 1.807) is 12.1 Å². The van der Waals surface area contributed by atoms with Gasteiger partial charge in [-0.15, -0.1) is 0 Å². The zero-order valence-corrected chi connectivity index (χ0v) is 15.5. The van der Waals surface area contributed by atoms with Gasteiger partial charge in [-0.05, 0) is 24.3 Å². The van der Waals surface area contributed by atoms with Gasteiger partial charge in [-0.3, -0.25) is 14.9 Å². The maximum absolute atomic E-state index is 12.9. The molecule has 3 rings (SSSR count). The molecular formula is C19H18F3N3O4. The van der Waals surface area contributed by atoms with Gasteiger partial charge in [0, 0.05) is 49.6 Å². The van der Waals surface area contributed by atoms with E-state index in [2.05, 4.69) is 0 Å². The van der Waals surface area contributed by atoms with Gasteiger partial charge in [-0.25, -0.2) is 0 Å². The third-order valence-electron chi connectivity index (χ3n) is 4.73. The number of hydrogen-bond acceptors (Lipinski definition) is 5. The van der Waals surface area contributed by atoms with Gasteiger partial charge in [0.25, 0.3) is 5.91 Å². The molecule has 7 nitrogen and oxygen atoms in total. The largest absolute Gasteiger partial charge is 0.490 e. The zero-order chi connectivity index (χ0) is 21.2. The van der Waals surface area contributed by atoms with Crippen LogP contribution in [0.15, 0.2) is 42.5 Å². The van der Waals surface area contributed by atoms with Gasteiger partial charge in [-0.1, -0.05) is 6.07 Å². The zero-order valence-electron chi connectivity index (χ0n) is 15.5. The molecule has 1 amide bonds. The van der Waals surface area contributed by atoms with Crippen molar-refractivity contribution in [1.82, 2.24) is 4.90 Å². The molecule has 1 heterocycles. The summed E-state index contributed by atoms with van der Waals surface area (Å²) in [7, 11) is 1.35. The van der Waals surface area contributed by atoms with Crippen molar-refractivity contribution in [2.45, 2.75) is 6.18 Å². The number of carbonyl (C=O) groups excluding carboxylic acids is 1. The van der Waals surface area contributed by atoms with Gasteiger partial charge < -0.3 is 14.5 Å². The Morgan fingerprint density at radius 3 is 2.38 bits per heavy atom. The van der Waals surface area contributed by atoms with Crippen molar-refractivity contribution in [2.75, 3.05) is 38.2 Å². The van der Waals surface area contributed by atoms with Crippen molar-refractivity contribution < 1.29 is 27.6 Å². The van der Waals surface area contributed by atoms with Gasteiger partial charge in [0.1, 0.15) is 0 Å². The van der Waals surface area contributed by atoms with Gasteiger partial charge >= 0.3 is 11.9 Å². The van der Waals surface area contributed by atoms with Crippen molar-refractivity contribution in [1.29, 1.82) is 0 Å². The minimum atomic E-state index is -4.51. The normalized spacial score (nSPS) is 14.6. The summed E-state index contributed by atoms with van der Waals surface area (Å²) >= 11 is 0. The fourth-order valence-corrected chi connectivity index (χ4v) is 3.19. The fourth-order valence-electron chi connectivity index (χ4n) is 3.19. The number of carbonyl (C=O) groups is 1. The SMILES string of the molecule is COc1cc(N2CCN(C(=O)c3cccc(C(F)(F)F)c3)CC2)ccc1[N+](=O)[O-]. The minimum absolute atomic E-state index is 0.00900. The maximum atomic E-state index is 12.9. The standard InChI is InChI=1S/C19H18F3N3O4/c1-29-17-12-15(5-6-16(17)25(27)28)23-7-9-24(10-8-23)18(26)13-3-2-4-14(11-13)19(20,21)22/h2-6,11-12H,7-10H2,1H3. The lowest BCUT2D eigenvalue weighted by Gasteiger charge is -2.36. The van der Waals surface area contributed by atoms with Crippen LogP contribution in [0.5, 0.6) is 5.75 Å². The molecule has 0 atom stereocenters. The number of piperazine rings is 1. The van der Waals surface area contributed by atoms with E-state index in [0.29, 0.717) is 31.9 Å². The number of ether oxygens (including phenoxy) is 1. The third-order valence-corrected chi connectivity index (χ3v) is 4.73. The fraction of sp³-hybridized carbons (Fsp3) is 0.316. The summed E-state index contributed by atoms with van der Waals surface area (Å²) in [5.41, 5.74) is -0.307. The number of alkyl halides is 3. The first-order valence-electron chi connectivity index (χ1n) is 8.74. The summed E-state index contributed by atoms with van der Waals surface area (Å²) in [6.07, 6.45) is -4.51. The van der Waals surface area contributed by atoms with Crippen LogP contribution in [0.25, 0.3) is 0 Å². The minimum Gasteiger partial charge on any atom is -0.490 e. The lowest BCUT2D eigenvalue weighted by atomic mass is 10.1. The van der Waals surface area contributed by atoms with E-state index in [1.807, 2.05) is 4.90 Å². The van der Waals surface area contributed by atoms with Crippen LogP contribution < -0.4 is 9.64 Å². The number of nitro benzene ring substituents is 1. The Hall–Kier alpha value is -3.30. The molecule has 10 heteroatoms. The molecule has 0 spiro atoms. The Kier molecular flexibility index (Phi) is 5.62. The molecule has 1 aliphatic rings. The van der Waals surface area contributed by atoms with Crippen LogP contribution in [-0.2, 0) is 6.18 Å². The van der Waals surface area contributed by atoms with Crippen molar-refractivity contribution >= 4 is 17.3 Å². The molecule has 0 bridgehead atoms. The van der Waals surface area contributed by atoms with Gasteiger partial charge in [-0.2, -0.15) is 13.2 Å².